The third kappa shape index (κ3) is 5.27. The van der Waals surface area contributed by atoms with Gasteiger partial charge in [-0.1, -0.05) is 33.6 Å². The van der Waals surface area contributed by atoms with Crippen molar-refractivity contribution in [3.05, 3.63) is 0 Å². The van der Waals surface area contributed by atoms with Crippen molar-refractivity contribution in [1.29, 1.82) is 0 Å². The molecule has 1 aliphatic carbocycles. The van der Waals surface area contributed by atoms with Crippen molar-refractivity contribution < 1.29 is 0 Å². The van der Waals surface area contributed by atoms with Gasteiger partial charge in [-0.15, -0.1) is 0 Å². The summed E-state index contributed by atoms with van der Waals surface area (Å²) >= 11 is 0. The van der Waals surface area contributed by atoms with Gasteiger partial charge in [0.15, 0.2) is 0 Å². The highest BCUT2D eigenvalue weighted by atomic mass is 15.1. The number of rotatable bonds is 8. The first-order valence-electron chi connectivity index (χ1n) is 7.87. The van der Waals surface area contributed by atoms with Crippen LogP contribution in [0.2, 0.25) is 0 Å². The molecule has 1 N–H and O–H groups in total. The Morgan fingerprint density at radius 3 is 2.44 bits per heavy atom. The topological polar surface area (TPSA) is 15.3 Å². The Morgan fingerprint density at radius 1 is 1.28 bits per heavy atom. The monoisotopic (exact) mass is 254 g/mol. The van der Waals surface area contributed by atoms with Gasteiger partial charge in [0.05, 0.1) is 0 Å². The average molecular weight is 254 g/mol. The van der Waals surface area contributed by atoms with Crippen LogP contribution in [-0.2, 0) is 0 Å². The van der Waals surface area contributed by atoms with Gasteiger partial charge < -0.3 is 10.2 Å². The fourth-order valence-corrected chi connectivity index (χ4v) is 3.17. The highest BCUT2D eigenvalue weighted by Gasteiger charge is 2.28. The van der Waals surface area contributed by atoms with Crippen molar-refractivity contribution in [2.45, 2.75) is 65.8 Å². The van der Waals surface area contributed by atoms with Gasteiger partial charge >= 0.3 is 0 Å². The predicted molar refractivity (Wildman–Crippen MR) is 81.0 cm³/mol. The zero-order valence-corrected chi connectivity index (χ0v) is 13.3. The van der Waals surface area contributed by atoms with Crippen LogP contribution in [-0.4, -0.2) is 37.6 Å². The van der Waals surface area contributed by atoms with Gasteiger partial charge in [0.1, 0.15) is 0 Å². The highest BCUT2D eigenvalue weighted by molar-refractivity contribution is 4.84. The van der Waals surface area contributed by atoms with Crippen molar-refractivity contribution in [2.24, 2.45) is 11.3 Å². The van der Waals surface area contributed by atoms with Crippen molar-refractivity contribution in [2.75, 3.05) is 26.7 Å². The Labute approximate surface area is 115 Å². The molecule has 2 heteroatoms. The van der Waals surface area contributed by atoms with E-state index in [9.17, 15) is 0 Å². The lowest BCUT2D eigenvalue weighted by Crippen LogP contribution is -2.46. The van der Waals surface area contributed by atoms with E-state index in [2.05, 4.69) is 45.0 Å². The lowest BCUT2D eigenvalue weighted by molar-refractivity contribution is 0.150. The maximum Gasteiger partial charge on any atom is 0.0102 e. The summed E-state index contributed by atoms with van der Waals surface area (Å²) in [6.45, 7) is 13.0. The second kappa shape index (κ2) is 7.49. The maximum absolute atomic E-state index is 3.64. The van der Waals surface area contributed by atoms with Crippen LogP contribution in [0.3, 0.4) is 0 Å². The van der Waals surface area contributed by atoms with E-state index in [0.717, 1.165) is 12.5 Å². The van der Waals surface area contributed by atoms with E-state index in [1.54, 1.807) is 0 Å². The third-order valence-electron chi connectivity index (χ3n) is 4.59. The minimum Gasteiger partial charge on any atom is -0.314 e. The second-order valence-corrected chi connectivity index (χ2v) is 7.01. The minimum atomic E-state index is 0.350. The van der Waals surface area contributed by atoms with E-state index in [0.29, 0.717) is 11.5 Å². The number of nitrogens with one attached hydrogen (secondary N) is 1. The summed E-state index contributed by atoms with van der Waals surface area (Å²) in [5.41, 5.74) is 0.350. The van der Waals surface area contributed by atoms with Gasteiger partial charge in [-0.3, -0.25) is 0 Å². The summed E-state index contributed by atoms with van der Waals surface area (Å²) in [6.07, 6.45) is 7.04. The molecule has 18 heavy (non-hydrogen) atoms. The number of hydrogen-bond acceptors (Lipinski definition) is 2. The van der Waals surface area contributed by atoms with E-state index in [1.165, 1.54) is 45.2 Å². The molecule has 1 rings (SSSR count). The second-order valence-electron chi connectivity index (χ2n) is 7.01. The summed E-state index contributed by atoms with van der Waals surface area (Å²) in [5, 5.41) is 3.64. The molecular formula is C16H34N2. The van der Waals surface area contributed by atoms with E-state index < -0.39 is 0 Å². The molecule has 0 aromatic rings. The molecule has 0 aromatic heterocycles. The zero-order chi connectivity index (χ0) is 13.6. The molecule has 1 unspecified atom stereocenters. The van der Waals surface area contributed by atoms with Gasteiger partial charge in [0.2, 0.25) is 0 Å². The first-order chi connectivity index (χ1) is 8.45. The van der Waals surface area contributed by atoms with Crippen LogP contribution in [0.5, 0.6) is 0 Å². The van der Waals surface area contributed by atoms with E-state index in [1.807, 2.05) is 0 Å². The lowest BCUT2D eigenvalue weighted by atomic mass is 9.84. The van der Waals surface area contributed by atoms with Gasteiger partial charge in [-0.2, -0.15) is 0 Å². The molecular weight excluding hydrogens is 220 g/mol. The van der Waals surface area contributed by atoms with Crippen LogP contribution >= 0.6 is 0 Å². The Morgan fingerprint density at radius 2 is 1.89 bits per heavy atom. The van der Waals surface area contributed by atoms with Crippen LogP contribution in [0, 0.1) is 11.3 Å². The molecule has 0 heterocycles. The summed E-state index contributed by atoms with van der Waals surface area (Å²) in [4.78, 5) is 2.56. The van der Waals surface area contributed by atoms with Gasteiger partial charge in [-0.25, -0.2) is 0 Å². The summed E-state index contributed by atoms with van der Waals surface area (Å²) < 4.78 is 0. The van der Waals surface area contributed by atoms with E-state index >= 15 is 0 Å². The molecule has 108 valence electrons. The quantitative estimate of drug-likeness (QED) is 0.713. The predicted octanol–water partition coefficient (Wildman–Crippen LogP) is 3.52. The molecule has 0 spiro atoms. The fourth-order valence-electron chi connectivity index (χ4n) is 3.17. The standard InChI is InChI=1S/C16H34N2/c1-6-11-17-14(2)16(3,4)13-18(5)12-15-9-7-8-10-15/h14-15,17H,6-13H2,1-5H3. The first-order valence-corrected chi connectivity index (χ1v) is 7.87. The van der Waals surface area contributed by atoms with Crippen molar-refractivity contribution in [3.8, 4) is 0 Å². The maximum atomic E-state index is 3.64. The third-order valence-corrected chi connectivity index (χ3v) is 4.59. The Bertz CT molecular complexity index is 219. The van der Waals surface area contributed by atoms with E-state index in [-0.39, 0.29) is 0 Å². The molecule has 2 nitrogen and oxygen atoms in total. The average Bonchev–Trinajstić information content (AvgIpc) is 2.77. The van der Waals surface area contributed by atoms with Crippen LogP contribution in [0.4, 0.5) is 0 Å². The lowest BCUT2D eigenvalue weighted by Gasteiger charge is -2.37. The molecule has 0 radical (unpaired) electrons. The van der Waals surface area contributed by atoms with Gasteiger partial charge in [0.25, 0.3) is 0 Å². The molecule has 0 saturated heterocycles. The molecule has 0 amide bonds. The van der Waals surface area contributed by atoms with Crippen molar-refractivity contribution in [3.63, 3.8) is 0 Å². The smallest absolute Gasteiger partial charge is 0.0102 e. The normalized spacial score (nSPS) is 19.7. The molecule has 1 atom stereocenters. The molecule has 1 aliphatic rings. The molecule has 0 aliphatic heterocycles. The Hall–Kier alpha value is -0.0800. The van der Waals surface area contributed by atoms with Gasteiger partial charge in [0, 0.05) is 19.1 Å². The van der Waals surface area contributed by atoms with Crippen LogP contribution in [0.25, 0.3) is 0 Å². The first kappa shape index (κ1) is 16.0. The molecule has 0 bridgehead atoms. The van der Waals surface area contributed by atoms with Crippen LogP contribution in [0.1, 0.15) is 59.8 Å². The largest absolute Gasteiger partial charge is 0.314 e. The van der Waals surface area contributed by atoms with Crippen LogP contribution < -0.4 is 5.32 Å². The van der Waals surface area contributed by atoms with Gasteiger partial charge in [-0.05, 0) is 51.1 Å². The SMILES string of the molecule is CCCNC(C)C(C)(C)CN(C)CC1CCCC1. The fraction of sp³-hybridized carbons (Fsp3) is 1.00. The zero-order valence-electron chi connectivity index (χ0n) is 13.3. The number of nitrogens with zero attached hydrogens (tertiary/aromatic N) is 1. The molecule has 1 saturated carbocycles. The van der Waals surface area contributed by atoms with Crippen LogP contribution in [0.15, 0.2) is 0 Å². The van der Waals surface area contributed by atoms with Crippen molar-refractivity contribution in [1.82, 2.24) is 10.2 Å². The molecule has 0 aromatic carbocycles. The molecule has 1 fully saturated rings. The summed E-state index contributed by atoms with van der Waals surface area (Å²) in [6, 6.07) is 0.587. The number of hydrogen-bond donors (Lipinski definition) is 1. The summed E-state index contributed by atoms with van der Waals surface area (Å²) in [5.74, 6) is 0.963. The Kier molecular flexibility index (Phi) is 6.65. The summed E-state index contributed by atoms with van der Waals surface area (Å²) in [7, 11) is 2.30. The van der Waals surface area contributed by atoms with E-state index in [4.69, 9.17) is 0 Å². The van der Waals surface area contributed by atoms with Crippen molar-refractivity contribution >= 4 is 0 Å². The minimum absolute atomic E-state index is 0.350. The highest BCUT2D eigenvalue weighted by Crippen LogP contribution is 2.27. The Balaban J connectivity index is 2.32.